The lowest BCUT2D eigenvalue weighted by atomic mass is 10.2. The quantitative estimate of drug-likeness (QED) is 0.572. The Morgan fingerprint density at radius 2 is 2.26 bits per heavy atom. The van der Waals surface area contributed by atoms with Crippen molar-refractivity contribution in [3.8, 4) is 0 Å². The summed E-state index contributed by atoms with van der Waals surface area (Å²) in [7, 11) is 0. The molecule has 0 saturated heterocycles. The van der Waals surface area contributed by atoms with Crippen molar-refractivity contribution in [3.63, 3.8) is 0 Å². The van der Waals surface area contributed by atoms with Gasteiger partial charge < -0.3 is 4.57 Å². The standard InChI is InChI=1S/C14H18ClFN2S/c1-3-19-8-7-10(2)18-13(9-15)17-12-6-4-5-11(16)14(12)18/h4-6,10H,3,7-9H2,1-2H3. The third-order valence-corrected chi connectivity index (χ3v) is 4.35. The molecule has 0 fully saturated rings. The van der Waals surface area contributed by atoms with Gasteiger partial charge >= 0.3 is 0 Å². The van der Waals surface area contributed by atoms with Crippen LogP contribution in [0.4, 0.5) is 4.39 Å². The molecule has 1 atom stereocenters. The topological polar surface area (TPSA) is 17.8 Å². The van der Waals surface area contributed by atoms with E-state index in [1.807, 2.05) is 22.4 Å². The minimum Gasteiger partial charge on any atom is -0.322 e. The first-order chi connectivity index (χ1) is 9.19. The Morgan fingerprint density at radius 3 is 2.95 bits per heavy atom. The molecule has 1 aromatic heterocycles. The van der Waals surface area contributed by atoms with Crippen molar-refractivity contribution in [2.75, 3.05) is 11.5 Å². The predicted molar refractivity (Wildman–Crippen MR) is 81.6 cm³/mol. The Balaban J connectivity index is 2.39. The molecule has 0 aliphatic heterocycles. The highest BCUT2D eigenvalue weighted by molar-refractivity contribution is 7.99. The molecule has 0 spiro atoms. The third-order valence-electron chi connectivity index (χ3n) is 3.18. The number of halogens is 2. The van der Waals surface area contributed by atoms with Crippen LogP contribution in [0.15, 0.2) is 18.2 Å². The van der Waals surface area contributed by atoms with E-state index in [1.165, 1.54) is 6.07 Å². The van der Waals surface area contributed by atoms with Crippen LogP contribution >= 0.6 is 23.4 Å². The largest absolute Gasteiger partial charge is 0.322 e. The number of imidazole rings is 1. The van der Waals surface area contributed by atoms with Gasteiger partial charge in [-0.15, -0.1) is 11.6 Å². The number of hydrogen-bond acceptors (Lipinski definition) is 2. The first-order valence-electron chi connectivity index (χ1n) is 6.48. The molecule has 0 radical (unpaired) electrons. The fourth-order valence-electron chi connectivity index (χ4n) is 2.25. The van der Waals surface area contributed by atoms with Crippen LogP contribution in [-0.2, 0) is 5.88 Å². The van der Waals surface area contributed by atoms with Crippen LogP contribution in [0.3, 0.4) is 0 Å². The van der Waals surface area contributed by atoms with E-state index in [-0.39, 0.29) is 11.9 Å². The van der Waals surface area contributed by atoms with E-state index in [1.54, 1.807) is 6.07 Å². The van der Waals surface area contributed by atoms with E-state index >= 15 is 0 Å². The van der Waals surface area contributed by atoms with E-state index in [2.05, 4.69) is 18.8 Å². The van der Waals surface area contributed by atoms with Crippen molar-refractivity contribution < 1.29 is 4.39 Å². The Kier molecular flexibility index (Phi) is 5.11. The van der Waals surface area contributed by atoms with Gasteiger partial charge in [0.15, 0.2) is 0 Å². The maximum atomic E-state index is 14.0. The second-order valence-corrected chi connectivity index (χ2v) is 6.13. The van der Waals surface area contributed by atoms with Crippen LogP contribution in [0, 0.1) is 5.82 Å². The van der Waals surface area contributed by atoms with Gasteiger partial charge in [-0.25, -0.2) is 9.37 Å². The molecule has 2 aromatic rings. The first-order valence-corrected chi connectivity index (χ1v) is 8.17. The van der Waals surface area contributed by atoms with Gasteiger partial charge in [0, 0.05) is 6.04 Å². The van der Waals surface area contributed by atoms with Gasteiger partial charge in [-0.2, -0.15) is 11.8 Å². The molecule has 0 N–H and O–H groups in total. The second kappa shape index (κ2) is 6.62. The van der Waals surface area contributed by atoms with Crippen LogP contribution < -0.4 is 0 Å². The molecule has 0 aliphatic rings. The van der Waals surface area contributed by atoms with Gasteiger partial charge in [0.1, 0.15) is 17.2 Å². The van der Waals surface area contributed by atoms with Crippen molar-refractivity contribution >= 4 is 34.4 Å². The highest BCUT2D eigenvalue weighted by atomic mass is 35.5. The number of thioether (sulfide) groups is 1. The molecule has 104 valence electrons. The number of nitrogens with zero attached hydrogens (tertiary/aromatic N) is 2. The molecular formula is C14H18ClFN2S. The summed E-state index contributed by atoms with van der Waals surface area (Å²) in [4.78, 5) is 4.43. The summed E-state index contributed by atoms with van der Waals surface area (Å²) in [5.74, 6) is 2.99. The molecule has 0 aliphatic carbocycles. The highest BCUT2D eigenvalue weighted by Crippen LogP contribution is 2.27. The van der Waals surface area contributed by atoms with Crippen molar-refractivity contribution in [1.29, 1.82) is 0 Å². The average Bonchev–Trinajstić information content (AvgIpc) is 2.79. The molecule has 0 saturated carbocycles. The van der Waals surface area contributed by atoms with Gasteiger partial charge in [-0.1, -0.05) is 13.0 Å². The SMILES string of the molecule is CCSCCC(C)n1c(CCl)nc2cccc(F)c21. The van der Waals surface area contributed by atoms with E-state index in [4.69, 9.17) is 11.6 Å². The Hall–Kier alpha value is -0.740. The van der Waals surface area contributed by atoms with Gasteiger partial charge in [0.25, 0.3) is 0 Å². The van der Waals surface area contributed by atoms with E-state index in [0.29, 0.717) is 16.9 Å². The lowest BCUT2D eigenvalue weighted by Crippen LogP contribution is -2.10. The van der Waals surface area contributed by atoms with Crippen LogP contribution in [-0.4, -0.2) is 21.1 Å². The molecule has 1 aromatic carbocycles. The van der Waals surface area contributed by atoms with Crippen LogP contribution in [0.1, 0.15) is 32.1 Å². The first kappa shape index (κ1) is 14.7. The van der Waals surface area contributed by atoms with Gasteiger partial charge in [-0.05, 0) is 37.0 Å². The summed E-state index contributed by atoms with van der Waals surface area (Å²) in [5, 5.41) is 0. The summed E-state index contributed by atoms with van der Waals surface area (Å²) in [6.45, 7) is 4.24. The number of fused-ring (bicyclic) bond motifs is 1. The zero-order chi connectivity index (χ0) is 13.8. The molecule has 5 heteroatoms. The number of aromatic nitrogens is 2. The summed E-state index contributed by atoms with van der Waals surface area (Å²) in [5.41, 5.74) is 1.26. The molecule has 2 rings (SSSR count). The molecular weight excluding hydrogens is 283 g/mol. The van der Waals surface area contributed by atoms with Crippen LogP contribution in [0.5, 0.6) is 0 Å². The van der Waals surface area contributed by atoms with Crippen molar-refractivity contribution in [1.82, 2.24) is 9.55 Å². The van der Waals surface area contributed by atoms with Gasteiger partial charge in [0.05, 0.1) is 11.4 Å². The van der Waals surface area contributed by atoms with Crippen LogP contribution in [0.25, 0.3) is 11.0 Å². The van der Waals surface area contributed by atoms with E-state index in [0.717, 1.165) is 23.8 Å². The number of benzene rings is 1. The van der Waals surface area contributed by atoms with Crippen LogP contribution in [0.2, 0.25) is 0 Å². The Bertz CT molecular complexity index is 556. The van der Waals surface area contributed by atoms with Crippen molar-refractivity contribution in [3.05, 3.63) is 29.8 Å². The molecule has 2 nitrogen and oxygen atoms in total. The maximum Gasteiger partial charge on any atom is 0.149 e. The summed E-state index contributed by atoms with van der Waals surface area (Å²) in [6.07, 6.45) is 0.988. The number of hydrogen-bond donors (Lipinski definition) is 0. The zero-order valence-corrected chi connectivity index (χ0v) is 12.8. The fourth-order valence-corrected chi connectivity index (χ4v) is 3.24. The Morgan fingerprint density at radius 1 is 1.47 bits per heavy atom. The van der Waals surface area contributed by atoms with Crippen molar-refractivity contribution in [2.45, 2.75) is 32.2 Å². The summed E-state index contributed by atoms with van der Waals surface area (Å²) >= 11 is 7.85. The highest BCUT2D eigenvalue weighted by Gasteiger charge is 2.17. The molecule has 1 unspecified atom stereocenters. The smallest absolute Gasteiger partial charge is 0.149 e. The average molecular weight is 301 g/mol. The molecule has 19 heavy (non-hydrogen) atoms. The number of para-hydroxylation sites is 1. The lowest BCUT2D eigenvalue weighted by molar-refractivity contribution is 0.523. The molecule has 0 bridgehead atoms. The normalized spacial score (nSPS) is 13.1. The third kappa shape index (κ3) is 3.06. The second-order valence-electron chi connectivity index (χ2n) is 4.47. The summed E-state index contributed by atoms with van der Waals surface area (Å²) < 4.78 is 16.0. The maximum absolute atomic E-state index is 14.0. The number of alkyl halides is 1. The monoisotopic (exact) mass is 300 g/mol. The van der Waals surface area contributed by atoms with E-state index < -0.39 is 0 Å². The number of rotatable bonds is 6. The van der Waals surface area contributed by atoms with Gasteiger partial charge in [-0.3, -0.25) is 0 Å². The predicted octanol–water partition coefficient (Wildman–Crippen LogP) is 4.62. The summed E-state index contributed by atoms with van der Waals surface area (Å²) in [6, 6.07) is 5.20. The van der Waals surface area contributed by atoms with E-state index in [9.17, 15) is 4.39 Å². The zero-order valence-electron chi connectivity index (χ0n) is 11.2. The lowest BCUT2D eigenvalue weighted by Gasteiger charge is -2.17. The van der Waals surface area contributed by atoms with Gasteiger partial charge in [0.2, 0.25) is 0 Å². The molecule has 1 heterocycles. The fraction of sp³-hybridized carbons (Fsp3) is 0.500. The van der Waals surface area contributed by atoms with Crippen molar-refractivity contribution in [2.24, 2.45) is 0 Å². The minimum atomic E-state index is -0.226. The minimum absolute atomic E-state index is 0.203. The Labute approximate surface area is 122 Å². The molecule has 0 amide bonds.